The Labute approximate surface area is 96.8 Å². The van der Waals surface area contributed by atoms with Crippen LogP contribution in [0.3, 0.4) is 0 Å². The summed E-state index contributed by atoms with van der Waals surface area (Å²) < 4.78 is 0. The van der Waals surface area contributed by atoms with E-state index in [1.807, 2.05) is 0 Å². The average molecular weight is 246 g/mol. The highest BCUT2D eigenvalue weighted by Gasteiger charge is 2.23. The summed E-state index contributed by atoms with van der Waals surface area (Å²) in [6.45, 7) is 0. The Morgan fingerprint density at radius 3 is 2.75 bits per heavy atom. The topological polar surface area (TPSA) is 122 Å². The number of hydrogen-bond acceptors (Lipinski definition) is 5. The fraction of sp³-hybridized carbons (Fsp3) is 0.333. The van der Waals surface area contributed by atoms with E-state index in [0.717, 1.165) is 0 Å². The van der Waals surface area contributed by atoms with Crippen molar-refractivity contribution in [2.45, 2.75) is 18.6 Å². The number of hydrogen-bond donors (Lipinski definition) is 4. The molecule has 16 heavy (non-hydrogen) atoms. The van der Waals surface area contributed by atoms with Crippen LogP contribution in [0.15, 0.2) is 12.3 Å². The molecule has 88 valence electrons. The lowest BCUT2D eigenvalue weighted by Gasteiger charge is -2.17. The van der Waals surface area contributed by atoms with Crippen LogP contribution in [0.25, 0.3) is 0 Å². The van der Waals surface area contributed by atoms with Crippen molar-refractivity contribution in [1.82, 2.24) is 4.98 Å². The molecule has 1 aromatic rings. The third-order valence-electron chi connectivity index (χ3n) is 1.98. The predicted molar refractivity (Wildman–Crippen MR) is 58.4 cm³/mol. The van der Waals surface area contributed by atoms with Gasteiger partial charge in [0.25, 0.3) is 0 Å². The number of nitrogens with two attached hydrogens (primary N) is 2. The summed E-state index contributed by atoms with van der Waals surface area (Å²) in [5.41, 5.74) is 10.8. The lowest BCUT2D eigenvalue weighted by Crippen LogP contribution is -2.26. The molecule has 1 heterocycles. The van der Waals surface area contributed by atoms with Crippen LogP contribution in [-0.2, 0) is 4.79 Å². The number of halogens is 1. The van der Waals surface area contributed by atoms with Crippen LogP contribution in [-0.4, -0.2) is 27.2 Å². The molecule has 0 fully saturated rings. The fourth-order valence-corrected chi connectivity index (χ4v) is 1.43. The number of anilines is 1. The van der Waals surface area contributed by atoms with Crippen LogP contribution in [0.4, 0.5) is 5.69 Å². The Balaban J connectivity index is 2.90. The molecule has 0 aliphatic rings. The molecular weight excluding hydrogens is 234 g/mol. The highest BCUT2D eigenvalue weighted by Crippen LogP contribution is 2.26. The Hall–Kier alpha value is -1.37. The van der Waals surface area contributed by atoms with Gasteiger partial charge in [0.1, 0.15) is 11.3 Å². The van der Waals surface area contributed by atoms with E-state index in [2.05, 4.69) is 4.98 Å². The van der Waals surface area contributed by atoms with Gasteiger partial charge in [-0.05, 0) is 6.07 Å². The van der Waals surface area contributed by atoms with Crippen molar-refractivity contribution in [3.05, 3.63) is 23.0 Å². The molecule has 0 aliphatic carbocycles. The molecule has 1 amide bonds. The number of aliphatic hydroxyl groups excluding tert-OH is 2. The normalized spacial score (nSPS) is 14.4. The first-order valence-corrected chi connectivity index (χ1v) is 4.85. The minimum Gasteiger partial charge on any atom is -0.397 e. The van der Waals surface area contributed by atoms with E-state index in [-0.39, 0.29) is 17.1 Å². The molecule has 0 spiro atoms. The van der Waals surface area contributed by atoms with Gasteiger partial charge >= 0.3 is 0 Å². The van der Waals surface area contributed by atoms with Gasteiger partial charge in [0, 0.05) is 5.56 Å². The van der Waals surface area contributed by atoms with Crippen LogP contribution < -0.4 is 11.5 Å². The lowest BCUT2D eigenvalue weighted by molar-refractivity contribution is -0.121. The number of pyridine rings is 1. The summed E-state index contributed by atoms with van der Waals surface area (Å²) in [6, 6.07) is 1.38. The molecule has 0 radical (unpaired) electrons. The third-order valence-corrected chi connectivity index (χ3v) is 2.30. The number of amides is 1. The number of rotatable bonds is 4. The Kier molecular flexibility index (Phi) is 4.05. The quantitative estimate of drug-likeness (QED) is 0.537. The van der Waals surface area contributed by atoms with E-state index < -0.39 is 18.1 Å². The Morgan fingerprint density at radius 1 is 1.56 bits per heavy atom. The van der Waals surface area contributed by atoms with Crippen molar-refractivity contribution in [3.8, 4) is 0 Å². The SMILES string of the molecule is NC(=O)CC(O)C(O)c1cc(N)cnc1Cl. The van der Waals surface area contributed by atoms with Gasteiger partial charge < -0.3 is 21.7 Å². The number of nitrogen functional groups attached to an aromatic ring is 1. The summed E-state index contributed by atoms with van der Waals surface area (Å²) in [4.78, 5) is 14.3. The van der Waals surface area contributed by atoms with Gasteiger partial charge in [-0.3, -0.25) is 4.79 Å². The first kappa shape index (κ1) is 12.7. The number of aromatic nitrogens is 1. The number of carbonyl (C=O) groups excluding carboxylic acids is 1. The van der Waals surface area contributed by atoms with Crippen LogP contribution in [0, 0.1) is 0 Å². The maximum Gasteiger partial charge on any atom is 0.220 e. The maximum absolute atomic E-state index is 10.6. The number of carbonyl (C=O) groups is 1. The third kappa shape index (κ3) is 3.06. The van der Waals surface area contributed by atoms with Gasteiger partial charge in [0.2, 0.25) is 5.91 Å². The molecule has 1 rings (SSSR count). The smallest absolute Gasteiger partial charge is 0.220 e. The first-order valence-electron chi connectivity index (χ1n) is 4.47. The minimum atomic E-state index is -1.35. The van der Waals surface area contributed by atoms with Gasteiger partial charge in [-0.2, -0.15) is 0 Å². The molecule has 2 atom stereocenters. The molecule has 0 aromatic carbocycles. The fourth-order valence-electron chi connectivity index (χ4n) is 1.21. The summed E-state index contributed by atoms with van der Waals surface area (Å²) >= 11 is 5.72. The molecule has 0 aliphatic heterocycles. The molecule has 6 N–H and O–H groups in total. The van der Waals surface area contributed by atoms with E-state index in [4.69, 9.17) is 23.1 Å². The largest absolute Gasteiger partial charge is 0.397 e. The zero-order valence-corrected chi connectivity index (χ0v) is 9.05. The van der Waals surface area contributed by atoms with Crippen LogP contribution in [0.1, 0.15) is 18.1 Å². The standard InChI is InChI=1S/C9H12ClN3O3/c10-9-5(1-4(11)3-13-9)8(16)6(14)2-7(12)15/h1,3,6,8,14,16H,2,11H2,(H2,12,15). The van der Waals surface area contributed by atoms with Crippen LogP contribution in [0.5, 0.6) is 0 Å². The number of aliphatic hydroxyl groups is 2. The molecule has 6 nitrogen and oxygen atoms in total. The van der Waals surface area contributed by atoms with Crippen molar-refractivity contribution in [2.24, 2.45) is 5.73 Å². The molecule has 0 saturated heterocycles. The van der Waals surface area contributed by atoms with E-state index in [1.165, 1.54) is 12.3 Å². The monoisotopic (exact) mass is 245 g/mol. The van der Waals surface area contributed by atoms with E-state index >= 15 is 0 Å². The highest BCUT2D eigenvalue weighted by atomic mass is 35.5. The molecule has 2 unspecified atom stereocenters. The summed E-state index contributed by atoms with van der Waals surface area (Å²) in [6.07, 6.45) is -1.74. The zero-order valence-electron chi connectivity index (χ0n) is 8.30. The second-order valence-corrected chi connectivity index (χ2v) is 3.69. The molecule has 0 saturated carbocycles. The van der Waals surface area contributed by atoms with Gasteiger partial charge in [0.15, 0.2) is 0 Å². The summed E-state index contributed by atoms with van der Waals surface area (Å²) in [7, 11) is 0. The second kappa shape index (κ2) is 5.11. The molecular formula is C9H12ClN3O3. The van der Waals surface area contributed by atoms with E-state index in [9.17, 15) is 15.0 Å². The average Bonchev–Trinajstić information content (AvgIpc) is 2.19. The maximum atomic E-state index is 10.6. The first-order chi connectivity index (χ1) is 7.41. The summed E-state index contributed by atoms with van der Waals surface area (Å²) in [5, 5.41) is 19.2. The Bertz CT molecular complexity index is 400. The predicted octanol–water partition coefficient (Wildman–Crippen LogP) is -0.413. The van der Waals surface area contributed by atoms with Crippen molar-refractivity contribution >= 4 is 23.2 Å². The van der Waals surface area contributed by atoms with E-state index in [1.54, 1.807) is 0 Å². The molecule has 7 heteroatoms. The zero-order chi connectivity index (χ0) is 12.3. The van der Waals surface area contributed by atoms with Gasteiger partial charge in [-0.25, -0.2) is 4.98 Å². The number of primary amides is 1. The van der Waals surface area contributed by atoms with Crippen molar-refractivity contribution < 1.29 is 15.0 Å². The highest BCUT2D eigenvalue weighted by molar-refractivity contribution is 6.30. The van der Waals surface area contributed by atoms with Crippen LogP contribution in [0.2, 0.25) is 5.15 Å². The van der Waals surface area contributed by atoms with Gasteiger partial charge in [-0.1, -0.05) is 11.6 Å². The van der Waals surface area contributed by atoms with Crippen LogP contribution >= 0.6 is 11.6 Å². The molecule has 0 bridgehead atoms. The van der Waals surface area contributed by atoms with Gasteiger partial charge in [-0.15, -0.1) is 0 Å². The van der Waals surface area contributed by atoms with E-state index in [0.29, 0.717) is 5.69 Å². The lowest BCUT2D eigenvalue weighted by atomic mass is 10.0. The van der Waals surface area contributed by atoms with Crippen molar-refractivity contribution in [1.29, 1.82) is 0 Å². The molecule has 1 aromatic heterocycles. The van der Waals surface area contributed by atoms with Crippen molar-refractivity contribution in [3.63, 3.8) is 0 Å². The second-order valence-electron chi connectivity index (χ2n) is 3.33. The van der Waals surface area contributed by atoms with Gasteiger partial charge in [0.05, 0.1) is 24.4 Å². The van der Waals surface area contributed by atoms with Crippen molar-refractivity contribution in [2.75, 3.05) is 5.73 Å². The summed E-state index contributed by atoms with van der Waals surface area (Å²) in [5.74, 6) is -0.723. The Morgan fingerprint density at radius 2 is 2.19 bits per heavy atom. The number of nitrogens with zero attached hydrogens (tertiary/aromatic N) is 1. The minimum absolute atomic E-state index is 0.0187.